The molecule has 6 heteroatoms. The predicted octanol–water partition coefficient (Wildman–Crippen LogP) is 4.25. The highest BCUT2D eigenvalue weighted by Crippen LogP contribution is 2.40. The van der Waals surface area contributed by atoms with Crippen molar-refractivity contribution < 1.29 is 4.43 Å². The fourth-order valence-corrected chi connectivity index (χ4v) is 4.82. The third-order valence-corrected chi connectivity index (χ3v) is 10.7. The molecule has 3 rings (SSSR count). The molecular weight excluding hydrogens is 368 g/mol. The van der Waals surface area contributed by atoms with Crippen molar-refractivity contribution in [3.63, 3.8) is 0 Å². The molecule has 1 unspecified atom stereocenters. The maximum atomic E-state index is 12.8. The molecule has 1 aliphatic rings. The molecule has 0 saturated carbocycles. The molecule has 2 aromatic rings. The van der Waals surface area contributed by atoms with Crippen LogP contribution in [0.25, 0.3) is 0 Å². The second kappa shape index (κ2) is 7.83. The summed E-state index contributed by atoms with van der Waals surface area (Å²) in [5, 5.41) is 0.0514. The molecule has 0 amide bonds. The van der Waals surface area contributed by atoms with Gasteiger partial charge in [0.1, 0.15) is 0 Å². The molecule has 1 atom stereocenters. The van der Waals surface area contributed by atoms with E-state index >= 15 is 0 Å². The second-order valence-corrected chi connectivity index (χ2v) is 14.1. The van der Waals surface area contributed by atoms with Gasteiger partial charge in [-0.3, -0.25) is 9.59 Å². The Hall–Kier alpha value is -1.92. The quantitative estimate of drug-likeness (QED) is 0.712. The third kappa shape index (κ3) is 4.55. The van der Waals surface area contributed by atoms with E-state index in [1.165, 1.54) is 11.6 Å². The molecule has 28 heavy (non-hydrogen) atoms. The van der Waals surface area contributed by atoms with E-state index in [4.69, 9.17) is 4.43 Å². The Balaban J connectivity index is 1.92. The van der Waals surface area contributed by atoms with Crippen LogP contribution in [0.3, 0.4) is 0 Å². The molecule has 0 aromatic carbocycles. The van der Waals surface area contributed by atoms with Gasteiger partial charge < -0.3 is 14.4 Å². The average molecular weight is 401 g/mol. The fraction of sp³-hybridized carbons (Fsp3) is 0.545. The molecule has 2 heterocycles. The van der Waals surface area contributed by atoms with Gasteiger partial charge in [0.15, 0.2) is 8.32 Å². The maximum absolute atomic E-state index is 12.8. The monoisotopic (exact) mass is 400 g/mol. The first kappa shape index (κ1) is 20.8. The van der Waals surface area contributed by atoms with Crippen LogP contribution in [0.1, 0.15) is 62.2 Å². The first-order valence-electron chi connectivity index (χ1n) is 10.2. The second-order valence-electron chi connectivity index (χ2n) is 9.36. The van der Waals surface area contributed by atoms with Crippen molar-refractivity contribution in [3.8, 4) is 0 Å². The number of H-pyrrole nitrogens is 2. The van der Waals surface area contributed by atoms with Gasteiger partial charge in [0.2, 0.25) is 5.56 Å². The molecule has 1 aliphatic carbocycles. The maximum Gasteiger partial charge on any atom is 0.253 e. The van der Waals surface area contributed by atoms with Crippen molar-refractivity contribution in [1.29, 1.82) is 0 Å². The summed E-state index contributed by atoms with van der Waals surface area (Å²) in [5.41, 5.74) is 3.78. The number of aromatic amines is 2. The standard InChI is InChI=1S/C22H32N2O3Si/c1-22(2,3)28(4,5)27-19(13-12-16-9-7-11-20(25)23-16)17-14-15-8-6-10-18(15)24-21(17)26/h7,9,11,14,19H,6,8,10,12-13H2,1-5H3,(H,23,25)(H,24,26). The highest BCUT2D eigenvalue weighted by Gasteiger charge is 2.40. The summed E-state index contributed by atoms with van der Waals surface area (Å²) in [6.07, 6.45) is 4.09. The van der Waals surface area contributed by atoms with Gasteiger partial charge in [-0.25, -0.2) is 0 Å². The van der Waals surface area contributed by atoms with Crippen LogP contribution in [0.4, 0.5) is 0 Å². The highest BCUT2D eigenvalue weighted by molar-refractivity contribution is 6.74. The van der Waals surface area contributed by atoms with Crippen molar-refractivity contribution in [2.24, 2.45) is 0 Å². The topological polar surface area (TPSA) is 75.0 Å². The van der Waals surface area contributed by atoms with E-state index < -0.39 is 8.32 Å². The van der Waals surface area contributed by atoms with Crippen molar-refractivity contribution in [1.82, 2.24) is 9.97 Å². The number of hydrogen-bond donors (Lipinski definition) is 2. The van der Waals surface area contributed by atoms with Crippen LogP contribution in [0.15, 0.2) is 33.9 Å². The highest BCUT2D eigenvalue weighted by atomic mass is 28.4. The third-order valence-electron chi connectivity index (χ3n) is 6.21. The Morgan fingerprint density at radius 3 is 2.57 bits per heavy atom. The van der Waals surface area contributed by atoms with Crippen LogP contribution in [-0.2, 0) is 23.7 Å². The molecule has 0 saturated heterocycles. The Morgan fingerprint density at radius 2 is 1.89 bits per heavy atom. The van der Waals surface area contributed by atoms with Gasteiger partial charge in [-0.15, -0.1) is 0 Å². The van der Waals surface area contributed by atoms with Gasteiger partial charge in [-0.1, -0.05) is 26.8 Å². The van der Waals surface area contributed by atoms with Crippen LogP contribution in [0.5, 0.6) is 0 Å². The number of aromatic nitrogens is 2. The lowest BCUT2D eigenvalue weighted by Crippen LogP contribution is -2.42. The molecule has 0 bridgehead atoms. The zero-order valence-electron chi connectivity index (χ0n) is 17.6. The van der Waals surface area contributed by atoms with E-state index in [1.54, 1.807) is 6.07 Å². The molecule has 2 aromatic heterocycles. The van der Waals surface area contributed by atoms with Crippen molar-refractivity contribution in [2.75, 3.05) is 0 Å². The number of aryl methyl sites for hydroxylation is 3. The van der Waals surface area contributed by atoms with Crippen LogP contribution < -0.4 is 11.1 Å². The van der Waals surface area contributed by atoms with E-state index in [9.17, 15) is 9.59 Å². The van der Waals surface area contributed by atoms with Crippen molar-refractivity contribution in [2.45, 2.75) is 77.1 Å². The van der Waals surface area contributed by atoms with E-state index in [-0.39, 0.29) is 22.3 Å². The molecule has 0 radical (unpaired) electrons. The lowest BCUT2D eigenvalue weighted by atomic mass is 10.0. The van der Waals surface area contributed by atoms with Crippen LogP contribution >= 0.6 is 0 Å². The van der Waals surface area contributed by atoms with E-state index in [1.807, 2.05) is 6.07 Å². The van der Waals surface area contributed by atoms with Gasteiger partial charge >= 0.3 is 0 Å². The van der Waals surface area contributed by atoms with E-state index in [0.29, 0.717) is 12.8 Å². The molecule has 152 valence electrons. The number of fused-ring (bicyclic) bond motifs is 1. The molecule has 0 fully saturated rings. The van der Waals surface area contributed by atoms with Crippen LogP contribution in [-0.4, -0.2) is 18.3 Å². The van der Waals surface area contributed by atoms with Gasteiger partial charge in [-0.05, 0) is 67.9 Å². The average Bonchev–Trinajstić information content (AvgIpc) is 3.04. The van der Waals surface area contributed by atoms with Gasteiger partial charge in [0.25, 0.3) is 5.56 Å². The Morgan fingerprint density at radius 1 is 1.14 bits per heavy atom. The minimum absolute atomic E-state index is 0.0362. The summed E-state index contributed by atoms with van der Waals surface area (Å²) in [7, 11) is -2.07. The zero-order chi connectivity index (χ0) is 20.5. The fourth-order valence-electron chi connectivity index (χ4n) is 3.51. The van der Waals surface area contributed by atoms with Crippen molar-refractivity contribution >= 4 is 8.32 Å². The van der Waals surface area contributed by atoms with Gasteiger partial charge in [-0.2, -0.15) is 0 Å². The zero-order valence-corrected chi connectivity index (χ0v) is 18.6. The van der Waals surface area contributed by atoms with E-state index in [0.717, 1.165) is 36.2 Å². The van der Waals surface area contributed by atoms with Gasteiger partial charge in [0.05, 0.1) is 6.10 Å². The summed E-state index contributed by atoms with van der Waals surface area (Å²) in [6, 6.07) is 7.25. The van der Waals surface area contributed by atoms with Crippen LogP contribution in [0.2, 0.25) is 18.1 Å². The largest absolute Gasteiger partial charge is 0.410 e. The number of nitrogens with one attached hydrogen (secondary N) is 2. The molecule has 5 nitrogen and oxygen atoms in total. The Kier molecular flexibility index (Phi) is 5.82. The number of pyridine rings is 2. The van der Waals surface area contributed by atoms with Crippen LogP contribution in [0, 0.1) is 0 Å². The molecular formula is C22H32N2O3Si. The molecule has 0 aliphatic heterocycles. The minimum Gasteiger partial charge on any atom is -0.410 e. The first-order chi connectivity index (χ1) is 13.1. The molecule has 2 N–H and O–H groups in total. The lowest BCUT2D eigenvalue weighted by molar-refractivity contribution is 0.172. The van der Waals surface area contributed by atoms with Gasteiger partial charge in [0, 0.05) is 23.0 Å². The Labute approximate surface area is 167 Å². The van der Waals surface area contributed by atoms with Crippen molar-refractivity contribution in [3.05, 3.63) is 67.5 Å². The van der Waals surface area contributed by atoms with E-state index in [2.05, 4.69) is 49.9 Å². The number of hydrogen-bond acceptors (Lipinski definition) is 3. The first-order valence-corrected chi connectivity index (χ1v) is 13.1. The lowest BCUT2D eigenvalue weighted by Gasteiger charge is -2.39. The molecule has 0 spiro atoms. The summed E-state index contributed by atoms with van der Waals surface area (Å²) < 4.78 is 6.71. The summed E-state index contributed by atoms with van der Waals surface area (Å²) >= 11 is 0. The summed E-state index contributed by atoms with van der Waals surface area (Å²) in [6.45, 7) is 11.0. The summed E-state index contributed by atoms with van der Waals surface area (Å²) in [4.78, 5) is 30.4. The SMILES string of the molecule is CC(C)(C)[Si](C)(C)OC(CCc1cccc(=O)[nH]1)c1cc2c([nH]c1=O)CCC2. The number of rotatable bonds is 6. The Bertz CT molecular complexity index is 953. The predicted molar refractivity (Wildman–Crippen MR) is 115 cm³/mol. The smallest absolute Gasteiger partial charge is 0.253 e. The minimum atomic E-state index is -2.07. The normalized spacial score (nSPS) is 15.5. The summed E-state index contributed by atoms with van der Waals surface area (Å²) in [5.74, 6) is 0.